The highest BCUT2D eigenvalue weighted by atomic mass is 32.1. The largest absolute Gasteiger partial charge is 0.353 e. The maximum atomic E-state index is 11.9. The van der Waals surface area contributed by atoms with Gasteiger partial charge in [0.25, 0.3) is 0 Å². The fraction of sp³-hybridized carbons (Fsp3) is 0.385. The number of rotatable bonds is 7. The minimum atomic E-state index is -0.173. The minimum Gasteiger partial charge on any atom is -0.353 e. The van der Waals surface area contributed by atoms with E-state index >= 15 is 0 Å². The number of aryl methyl sites for hydroxylation is 1. The number of nitrogens with zero attached hydrogens (tertiary/aromatic N) is 3. The minimum absolute atomic E-state index is 0.0593. The zero-order valence-electron chi connectivity index (χ0n) is 11.2. The highest BCUT2D eigenvalue weighted by molar-refractivity contribution is 7.12. The number of aromatic nitrogens is 3. The van der Waals surface area contributed by atoms with Crippen molar-refractivity contribution in [2.24, 2.45) is 0 Å². The highest BCUT2D eigenvalue weighted by Gasteiger charge is 2.14. The first-order valence-corrected chi connectivity index (χ1v) is 7.21. The molecule has 2 heterocycles. The van der Waals surface area contributed by atoms with Gasteiger partial charge in [0.2, 0.25) is 5.91 Å². The Kier molecular flexibility index (Phi) is 5.00. The van der Waals surface area contributed by atoms with Crippen molar-refractivity contribution in [1.29, 1.82) is 0 Å². The van der Waals surface area contributed by atoms with Crippen LogP contribution in [0.1, 0.15) is 29.4 Å². The van der Waals surface area contributed by atoms with E-state index in [4.69, 9.17) is 0 Å². The Morgan fingerprint density at radius 2 is 2.35 bits per heavy atom. The summed E-state index contributed by atoms with van der Waals surface area (Å²) in [7, 11) is 0. The van der Waals surface area contributed by atoms with Crippen LogP contribution in [0.2, 0.25) is 0 Å². The van der Waals surface area contributed by atoms with E-state index < -0.39 is 0 Å². The average molecular weight is 292 g/mol. The number of hydrogen-bond acceptors (Lipinski definition) is 5. The van der Waals surface area contributed by atoms with Crippen LogP contribution in [0.5, 0.6) is 0 Å². The van der Waals surface area contributed by atoms with E-state index in [1.165, 1.54) is 17.7 Å². The second-order valence-electron chi connectivity index (χ2n) is 4.48. The van der Waals surface area contributed by atoms with Crippen molar-refractivity contribution in [2.75, 3.05) is 0 Å². The van der Waals surface area contributed by atoms with Crippen molar-refractivity contribution in [1.82, 2.24) is 20.1 Å². The molecular formula is C13H16N4O2S. The lowest BCUT2D eigenvalue weighted by Crippen LogP contribution is -2.34. The van der Waals surface area contributed by atoms with Crippen LogP contribution in [-0.4, -0.2) is 32.5 Å². The van der Waals surface area contributed by atoms with Gasteiger partial charge in [0, 0.05) is 18.9 Å². The van der Waals surface area contributed by atoms with Gasteiger partial charge >= 0.3 is 0 Å². The molecule has 20 heavy (non-hydrogen) atoms. The molecular weight excluding hydrogens is 276 g/mol. The summed E-state index contributed by atoms with van der Waals surface area (Å²) in [5.41, 5.74) is 0. The summed E-state index contributed by atoms with van der Waals surface area (Å²) in [6, 6.07) is 3.47. The maximum absolute atomic E-state index is 11.9. The standard InChI is InChI=1S/C13H16N4O2S/c1-10(7-11(18)12-3-2-6-20-12)16-13(19)4-5-17-9-14-8-15-17/h2-3,6,8-10H,4-5,7H2,1H3,(H,16,19)/t10-/m0/s1. The van der Waals surface area contributed by atoms with Crippen LogP contribution in [-0.2, 0) is 11.3 Å². The molecule has 1 atom stereocenters. The van der Waals surface area contributed by atoms with Gasteiger partial charge in [-0.3, -0.25) is 14.3 Å². The number of nitrogens with one attached hydrogen (secondary N) is 1. The fourth-order valence-corrected chi connectivity index (χ4v) is 2.45. The van der Waals surface area contributed by atoms with E-state index in [0.29, 0.717) is 19.4 Å². The van der Waals surface area contributed by atoms with Crippen LogP contribution in [0.25, 0.3) is 0 Å². The molecule has 0 aromatic carbocycles. The molecule has 0 saturated carbocycles. The van der Waals surface area contributed by atoms with Gasteiger partial charge in [-0.2, -0.15) is 5.10 Å². The summed E-state index contributed by atoms with van der Waals surface area (Å²) >= 11 is 1.42. The van der Waals surface area contributed by atoms with Gasteiger partial charge in [-0.1, -0.05) is 6.07 Å². The normalized spacial score (nSPS) is 12.1. The predicted molar refractivity (Wildman–Crippen MR) is 75.5 cm³/mol. The second kappa shape index (κ2) is 6.95. The van der Waals surface area contributed by atoms with Gasteiger partial charge < -0.3 is 5.32 Å². The van der Waals surface area contributed by atoms with Gasteiger partial charge in [0.15, 0.2) is 5.78 Å². The lowest BCUT2D eigenvalue weighted by molar-refractivity contribution is -0.121. The zero-order valence-corrected chi connectivity index (χ0v) is 12.0. The molecule has 0 aliphatic rings. The lowest BCUT2D eigenvalue weighted by Gasteiger charge is -2.12. The molecule has 0 saturated heterocycles. The molecule has 6 nitrogen and oxygen atoms in total. The molecule has 0 fully saturated rings. The highest BCUT2D eigenvalue weighted by Crippen LogP contribution is 2.12. The van der Waals surface area contributed by atoms with E-state index in [-0.39, 0.29) is 17.7 Å². The SMILES string of the molecule is C[C@@H](CC(=O)c1cccs1)NC(=O)CCn1cncn1. The molecule has 0 unspecified atom stereocenters. The van der Waals surface area contributed by atoms with E-state index in [2.05, 4.69) is 15.4 Å². The number of ketones is 1. The molecule has 2 rings (SSSR count). The Hall–Kier alpha value is -2.02. The lowest BCUT2D eigenvalue weighted by atomic mass is 10.1. The summed E-state index contributed by atoms with van der Waals surface area (Å²) in [5.74, 6) is -0.0314. The fourth-order valence-electron chi connectivity index (χ4n) is 1.78. The van der Waals surface area contributed by atoms with Gasteiger partial charge in [0.1, 0.15) is 12.7 Å². The number of Topliss-reactive ketones (excluding diaryl/α,β-unsaturated/α-hetero) is 1. The Balaban J connectivity index is 1.72. The molecule has 1 N–H and O–H groups in total. The van der Waals surface area contributed by atoms with Gasteiger partial charge in [0.05, 0.1) is 11.4 Å². The van der Waals surface area contributed by atoms with Crippen molar-refractivity contribution in [2.45, 2.75) is 32.4 Å². The third kappa shape index (κ3) is 4.27. The molecule has 2 aromatic rings. The van der Waals surface area contributed by atoms with Crippen LogP contribution in [0.3, 0.4) is 0 Å². The van der Waals surface area contributed by atoms with E-state index in [0.717, 1.165) is 4.88 Å². The number of carbonyl (C=O) groups excluding carboxylic acids is 2. The zero-order chi connectivity index (χ0) is 14.4. The smallest absolute Gasteiger partial charge is 0.222 e. The molecule has 106 valence electrons. The Labute approximate surface area is 120 Å². The van der Waals surface area contributed by atoms with Crippen molar-refractivity contribution < 1.29 is 9.59 Å². The van der Waals surface area contributed by atoms with Crippen LogP contribution in [0.4, 0.5) is 0 Å². The predicted octanol–water partition coefficient (Wildman–Crippen LogP) is 1.51. The van der Waals surface area contributed by atoms with E-state index in [9.17, 15) is 9.59 Å². The number of hydrogen-bond donors (Lipinski definition) is 1. The summed E-state index contributed by atoms with van der Waals surface area (Å²) in [6.07, 6.45) is 3.63. The van der Waals surface area contributed by atoms with Crippen LogP contribution >= 0.6 is 11.3 Å². The Bertz CT molecular complexity index is 551. The number of carbonyl (C=O) groups is 2. The van der Waals surface area contributed by atoms with Crippen LogP contribution in [0.15, 0.2) is 30.2 Å². The summed E-state index contributed by atoms with van der Waals surface area (Å²) in [4.78, 5) is 28.2. The third-order valence-electron chi connectivity index (χ3n) is 2.73. The molecule has 0 aliphatic heterocycles. The maximum Gasteiger partial charge on any atom is 0.222 e. The molecule has 2 aromatic heterocycles. The van der Waals surface area contributed by atoms with E-state index in [1.54, 1.807) is 17.1 Å². The topological polar surface area (TPSA) is 76.9 Å². The van der Waals surface area contributed by atoms with Crippen LogP contribution < -0.4 is 5.32 Å². The molecule has 0 aliphatic carbocycles. The van der Waals surface area contributed by atoms with Crippen molar-refractivity contribution >= 4 is 23.0 Å². The Morgan fingerprint density at radius 3 is 3.00 bits per heavy atom. The van der Waals surface area contributed by atoms with Gasteiger partial charge in [-0.25, -0.2) is 4.98 Å². The van der Waals surface area contributed by atoms with Gasteiger partial charge in [-0.05, 0) is 18.4 Å². The quantitative estimate of drug-likeness (QED) is 0.785. The average Bonchev–Trinajstić information content (AvgIpc) is 3.09. The molecule has 0 radical (unpaired) electrons. The van der Waals surface area contributed by atoms with Crippen molar-refractivity contribution in [3.05, 3.63) is 35.0 Å². The first-order chi connectivity index (χ1) is 9.65. The molecule has 7 heteroatoms. The van der Waals surface area contributed by atoms with Gasteiger partial charge in [-0.15, -0.1) is 11.3 Å². The molecule has 1 amide bonds. The third-order valence-corrected chi connectivity index (χ3v) is 3.64. The number of thiophene rings is 1. The molecule has 0 bridgehead atoms. The first-order valence-electron chi connectivity index (χ1n) is 6.33. The summed E-state index contributed by atoms with van der Waals surface area (Å²) in [5, 5.41) is 8.61. The Morgan fingerprint density at radius 1 is 1.50 bits per heavy atom. The monoisotopic (exact) mass is 292 g/mol. The second-order valence-corrected chi connectivity index (χ2v) is 5.43. The summed E-state index contributed by atoms with van der Waals surface area (Å²) in [6.45, 7) is 2.32. The first kappa shape index (κ1) is 14.4. The van der Waals surface area contributed by atoms with Crippen molar-refractivity contribution in [3.63, 3.8) is 0 Å². The molecule has 0 spiro atoms. The van der Waals surface area contributed by atoms with E-state index in [1.807, 2.05) is 18.4 Å². The summed E-state index contributed by atoms with van der Waals surface area (Å²) < 4.78 is 1.60. The van der Waals surface area contributed by atoms with Crippen molar-refractivity contribution in [3.8, 4) is 0 Å². The number of amides is 1. The van der Waals surface area contributed by atoms with Crippen LogP contribution in [0, 0.1) is 0 Å².